The number of esters is 1. The monoisotopic (exact) mass is 362 g/mol. The number of nitrogens with one attached hydrogen (secondary N) is 2. The van der Waals surface area contributed by atoms with E-state index in [-0.39, 0.29) is 12.2 Å². The quantitative estimate of drug-likeness (QED) is 0.738. The Hall–Kier alpha value is -3.16. The maximum absolute atomic E-state index is 12.9. The van der Waals surface area contributed by atoms with E-state index in [1.54, 1.807) is 13.0 Å². The summed E-state index contributed by atoms with van der Waals surface area (Å²) in [5.41, 5.74) is 0.380. The van der Waals surface area contributed by atoms with Crippen molar-refractivity contribution in [3.05, 3.63) is 54.2 Å². The van der Waals surface area contributed by atoms with Crippen molar-refractivity contribution in [2.75, 3.05) is 5.32 Å². The van der Waals surface area contributed by atoms with E-state index in [1.807, 2.05) is 0 Å². The maximum atomic E-state index is 12.9. The van der Waals surface area contributed by atoms with Crippen LogP contribution in [0.4, 0.5) is 10.1 Å². The molecule has 0 aliphatic carbocycles. The summed E-state index contributed by atoms with van der Waals surface area (Å²) in [6.07, 6.45) is 0.526. The van der Waals surface area contributed by atoms with Gasteiger partial charge in [0.25, 0.3) is 11.8 Å². The molecule has 0 bridgehead atoms. The van der Waals surface area contributed by atoms with Gasteiger partial charge in [0.05, 0.1) is 6.26 Å². The third kappa shape index (κ3) is 5.17. The van der Waals surface area contributed by atoms with Gasteiger partial charge in [-0.15, -0.1) is 0 Å². The van der Waals surface area contributed by atoms with Crippen LogP contribution in [-0.4, -0.2) is 29.9 Å². The normalized spacial score (nSPS) is 12.7. The van der Waals surface area contributed by atoms with Gasteiger partial charge in [0.2, 0.25) is 0 Å². The van der Waals surface area contributed by atoms with Gasteiger partial charge < -0.3 is 19.8 Å². The molecule has 1 heterocycles. The second-order valence-electron chi connectivity index (χ2n) is 5.50. The number of ether oxygens (including phenoxy) is 1. The highest BCUT2D eigenvalue weighted by molar-refractivity contribution is 5.97. The molecule has 2 aromatic rings. The Labute approximate surface area is 149 Å². The Morgan fingerprint density at radius 3 is 2.46 bits per heavy atom. The first-order chi connectivity index (χ1) is 12.4. The molecule has 138 valence electrons. The minimum atomic E-state index is -1.05. The molecule has 0 aliphatic heterocycles. The van der Waals surface area contributed by atoms with E-state index in [0.717, 1.165) is 0 Å². The van der Waals surface area contributed by atoms with Crippen LogP contribution in [0.1, 0.15) is 30.8 Å². The fourth-order valence-corrected chi connectivity index (χ4v) is 2.05. The molecule has 2 rings (SSSR count). The van der Waals surface area contributed by atoms with Gasteiger partial charge in [0, 0.05) is 5.69 Å². The summed E-state index contributed by atoms with van der Waals surface area (Å²) >= 11 is 0. The zero-order valence-electron chi connectivity index (χ0n) is 14.3. The van der Waals surface area contributed by atoms with Crippen LogP contribution < -0.4 is 10.6 Å². The topological polar surface area (TPSA) is 97.6 Å². The molecule has 7 nitrogen and oxygen atoms in total. The molecule has 0 saturated heterocycles. The molecule has 0 saturated carbocycles. The van der Waals surface area contributed by atoms with Gasteiger partial charge in [-0.1, -0.05) is 6.92 Å². The van der Waals surface area contributed by atoms with E-state index in [1.165, 1.54) is 43.5 Å². The molecule has 0 unspecified atom stereocenters. The fourth-order valence-electron chi connectivity index (χ4n) is 2.05. The number of halogens is 1. The van der Waals surface area contributed by atoms with Crippen LogP contribution in [0, 0.1) is 5.82 Å². The number of hydrogen-bond donors (Lipinski definition) is 2. The molecule has 2 atom stereocenters. The molecule has 8 heteroatoms. The Morgan fingerprint density at radius 1 is 1.19 bits per heavy atom. The first-order valence-corrected chi connectivity index (χ1v) is 8.02. The van der Waals surface area contributed by atoms with E-state index >= 15 is 0 Å². The molecule has 0 radical (unpaired) electrons. The number of carbonyl (C=O) groups excluding carboxylic acids is 3. The van der Waals surface area contributed by atoms with Crippen LogP contribution >= 0.6 is 0 Å². The van der Waals surface area contributed by atoms with Gasteiger partial charge in [-0.2, -0.15) is 0 Å². The van der Waals surface area contributed by atoms with Crippen LogP contribution in [0.5, 0.6) is 0 Å². The number of benzene rings is 1. The van der Waals surface area contributed by atoms with Crippen molar-refractivity contribution in [3.8, 4) is 0 Å². The van der Waals surface area contributed by atoms with Crippen LogP contribution in [0.25, 0.3) is 0 Å². The first kappa shape index (κ1) is 19.2. The van der Waals surface area contributed by atoms with Crippen molar-refractivity contribution in [1.29, 1.82) is 0 Å². The average Bonchev–Trinajstić information content (AvgIpc) is 3.16. The molecule has 0 spiro atoms. The number of anilines is 1. The Balaban J connectivity index is 1.90. The van der Waals surface area contributed by atoms with Crippen molar-refractivity contribution in [1.82, 2.24) is 5.32 Å². The Bertz CT molecular complexity index is 758. The lowest BCUT2D eigenvalue weighted by molar-refractivity contribution is -0.155. The highest BCUT2D eigenvalue weighted by Crippen LogP contribution is 2.11. The molecule has 2 N–H and O–H groups in total. The van der Waals surface area contributed by atoms with Crippen molar-refractivity contribution >= 4 is 23.5 Å². The Kier molecular flexibility index (Phi) is 6.48. The third-order valence-electron chi connectivity index (χ3n) is 3.48. The van der Waals surface area contributed by atoms with Gasteiger partial charge in [-0.25, -0.2) is 9.18 Å². The number of furan rings is 1. The van der Waals surface area contributed by atoms with Gasteiger partial charge in [-0.05, 0) is 49.7 Å². The SMILES string of the molecule is CC[C@H](OC(=O)[C@H](C)NC(=O)c1ccco1)C(=O)Nc1ccc(F)cc1. The minimum absolute atomic E-state index is 0.0609. The average molecular weight is 362 g/mol. The van der Waals surface area contributed by atoms with Crippen LogP contribution in [0.2, 0.25) is 0 Å². The molecule has 1 aromatic heterocycles. The predicted molar refractivity (Wildman–Crippen MR) is 90.8 cm³/mol. The number of amides is 2. The summed E-state index contributed by atoms with van der Waals surface area (Å²) in [6.45, 7) is 3.11. The molecule has 1 aromatic carbocycles. The highest BCUT2D eigenvalue weighted by atomic mass is 19.1. The highest BCUT2D eigenvalue weighted by Gasteiger charge is 2.26. The molecule has 26 heavy (non-hydrogen) atoms. The molecular weight excluding hydrogens is 343 g/mol. The fraction of sp³-hybridized carbons (Fsp3) is 0.278. The van der Waals surface area contributed by atoms with Gasteiger partial charge in [0.15, 0.2) is 11.9 Å². The van der Waals surface area contributed by atoms with Gasteiger partial charge in [0.1, 0.15) is 11.9 Å². The summed E-state index contributed by atoms with van der Waals surface area (Å²) in [7, 11) is 0. The lowest BCUT2D eigenvalue weighted by Gasteiger charge is -2.19. The van der Waals surface area contributed by atoms with Gasteiger partial charge >= 0.3 is 5.97 Å². The summed E-state index contributed by atoms with van der Waals surface area (Å²) in [5, 5.41) is 4.97. The molecule has 2 amide bonds. The maximum Gasteiger partial charge on any atom is 0.329 e. The summed E-state index contributed by atoms with van der Waals surface area (Å²) < 4.78 is 23.0. The van der Waals surface area contributed by atoms with E-state index < -0.39 is 35.7 Å². The predicted octanol–water partition coefficient (Wildman–Crippen LogP) is 2.50. The summed E-state index contributed by atoms with van der Waals surface area (Å²) in [5.74, 6) is -2.24. The molecule has 0 fully saturated rings. The van der Waals surface area contributed by atoms with E-state index in [4.69, 9.17) is 9.15 Å². The smallest absolute Gasteiger partial charge is 0.329 e. The molecule has 0 aliphatic rings. The van der Waals surface area contributed by atoms with Gasteiger partial charge in [-0.3, -0.25) is 9.59 Å². The lowest BCUT2D eigenvalue weighted by Crippen LogP contribution is -2.42. The van der Waals surface area contributed by atoms with Crippen molar-refractivity contribution in [3.63, 3.8) is 0 Å². The number of hydrogen-bond acceptors (Lipinski definition) is 5. The third-order valence-corrected chi connectivity index (χ3v) is 3.48. The molecular formula is C18H19FN2O5. The van der Waals surface area contributed by atoms with Crippen molar-refractivity contribution < 1.29 is 27.9 Å². The number of carbonyl (C=O) groups is 3. The van der Waals surface area contributed by atoms with Crippen LogP contribution in [0.3, 0.4) is 0 Å². The van der Waals surface area contributed by atoms with Crippen molar-refractivity contribution in [2.45, 2.75) is 32.4 Å². The van der Waals surface area contributed by atoms with Crippen LogP contribution in [0.15, 0.2) is 47.1 Å². The second-order valence-corrected chi connectivity index (χ2v) is 5.50. The second kappa shape index (κ2) is 8.80. The summed E-state index contributed by atoms with van der Waals surface area (Å²) in [4.78, 5) is 36.2. The Morgan fingerprint density at radius 2 is 1.88 bits per heavy atom. The van der Waals surface area contributed by atoms with E-state index in [2.05, 4.69) is 10.6 Å². The van der Waals surface area contributed by atoms with Crippen LogP contribution in [-0.2, 0) is 14.3 Å². The number of rotatable bonds is 7. The lowest BCUT2D eigenvalue weighted by atomic mass is 10.2. The largest absolute Gasteiger partial charge is 0.459 e. The zero-order valence-corrected chi connectivity index (χ0v) is 14.3. The standard InChI is InChI=1S/C18H19FN2O5/c1-3-14(16(22)21-13-8-6-12(19)7-9-13)26-18(24)11(2)20-17(23)15-5-4-10-25-15/h4-11,14H,3H2,1-2H3,(H,20,23)(H,21,22)/t11-,14-/m0/s1. The van der Waals surface area contributed by atoms with E-state index in [0.29, 0.717) is 5.69 Å². The first-order valence-electron chi connectivity index (χ1n) is 8.02. The zero-order chi connectivity index (χ0) is 19.1. The minimum Gasteiger partial charge on any atom is -0.459 e. The summed E-state index contributed by atoms with van der Waals surface area (Å²) in [6, 6.07) is 7.23. The van der Waals surface area contributed by atoms with Crippen molar-refractivity contribution in [2.24, 2.45) is 0 Å². The van der Waals surface area contributed by atoms with E-state index in [9.17, 15) is 18.8 Å².